The first-order valence-corrected chi connectivity index (χ1v) is 6.51. The van der Waals surface area contributed by atoms with Crippen molar-refractivity contribution in [3.63, 3.8) is 0 Å². The predicted molar refractivity (Wildman–Crippen MR) is 80.2 cm³/mol. The minimum absolute atomic E-state index is 0.371. The van der Waals surface area contributed by atoms with E-state index >= 15 is 0 Å². The summed E-state index contributed by atoms with van der Waals surface area (Å²) in [7, 11) is 1.66. The molecular weight excluding hydrogens is 252 g/mol. The molecule has 0 bridgehead atoms. The van der Waals surface area contributed by atoms with Crippen molar-refractivity contribution in [2.24, 2.45) is 0 Å². The zero-order valence-corrected chi connectivity index (χ0v) is 12.4. The maximum Gasteiger partial charge on any atom is 0.142 e. The summed E-state index contributed by atoms with van der Waals surface area (Å²) in [6.07, 6.45) is 1.79. The third-order valence-electron chi connectivity index (χ3n) is 3.28. The Morgan fingerprint density at radius 1 is 1.20 bits per heavy atom. The topological polar surface area (TPSA) is 57.4 Å². The number of benzene rings is 1. The molecule has 2 rings (SSSR count). The summed E-state index contributed by atoms with van der Waals surface area (Å²) in [4.78, 5) is 4.40. The van der Waals surface area contributed by atoms with Gasteiger partial charge in [0.15, 0.2) is 0 Å². The molecule has 1 heterocycles. The molecule has 20 heavy (non-hydrogen) atoms. The molecule has 0 saturated carbocycles. The van der Waals surface area contributed by atoms with Crippen molar-refractivity contribution < 1.29 is 9.47 Å². The monoisotopic (exact) mass is 272 g/mol. The predicted octanol–water partition coefficient (Wildman–Crippen LogP) is 3.18. The summed E-state index contributed by atoms with van der Waals surface area (Å²) in [6.45, 7) is 6.32. The number of pyridine rings is 1. The number of rotatable bonds is 4. The molecule has 0 aliphatic rings. The fourth-order valence-corrected chi connectivity index (χ4v) is 2.16. The van der Waals surface area contributed by atoms with Crippen molar-refractivity contribution in [3.8, 4) is 11.5 Å². The third kappa shape index (κ3) is 2.85. The van der Waals surface area contributed by atoms with Crippen LogP contribution in [-0.2, 0) is 6.61 Å². The maximum absolute atomic E-state index is 5.93. The van der Waals surface area contributed by atoms with Gasteiger partial charge in [-0.15, -0.1) is 0 Å². The van der Waals surface area contributed by atoms with Crippen molar-refractivity contribution in [3.05, 3.63) is 46.8 Å². The third-order valence-corrected chi connectivity index (χ3v) is 3.28. The first-order valence-electron chi connectivity index (χ1n) is 6.51. The van der Waals surface area contributed by atoms with Crippen LogP contribution in [0.2, 0.25) is 0 Å². The van der Waals surface area contributed by atoms with Gasteiger partial charge in [-0.3, -0.25) is 4.98 Å². The van der Waals surface area contributed by atoms with E-state index in [0.29, 0.717) is 18.0 Å². The molecule has 4 nitrogen and oxygen atoms in total. The summed E-state index contributed by atoms with van der Waals surface area (Å²) >= 11 is 0. The van der Waals surface area contributed by atoms with Crippen molar-refractivity contribution in [2.45, 2.75) is 27.4 Å². The lowest BCUT2D eigenvalue weighted by Gasteiger charge is -2.14. The Hall–Kier alpha value is -2.23. The number of aromatic nitrogens is 1. The Morgan fingerprint density at radius 3 is 2.60 bits per heavy atom. The number of hydrogen-bond donors (Lipinski definition) is 1. The van der Waals surface area contributed by atoms with Gasteiger partial charge in [-0.25, -0.2) is 0 Å². The molecule has 4 heteroatoms. The molecule has 0 aliphatic heterocycles. The van der Waals surface area contributed by atoms with Crippen LogP contribution in [0.15, 0.2) is 24.4 Å². The van der Waals surface area contributed by atoms with Gasteiger partial charge in [0.1, 0.15) is 18.1 Å². The molecule has 2 aromatic rings. The number of hydrogen-bond acceptors (Lipinski definition) is 4. The lowest BCUT2D eigenvalue weighted by Crippen LogP contribution is -2.05. The first-order chi connectivity index (χ1) is 9.52. The Kier molecular flexibility index (Phi) is 4.13. The van der Waals surface area contributed by atoms with Gasteiger partial charge in [-0.05, 0) is 38.5 Å². The highest BCUT2D eigenvalue weighted by atomic mass is 16.5. The summed E-state index contributed by atoms with van der Waals surface area (Å²) in [5, 5.41) is 0. The number of methoxy groups -OCH3 is 1. The van der Waals surface area contributed by atoms with Crippen LogP contribution in [-0.4, -0.2) is 12.1 Å². The quantitative estimate of drug-likeness (QED) is 0.868. The van der Waals surface area contributed by atoms with Crippen LogP contribution in [0.3, 0.4) is 0 Å². The molecule has 2 N–H and O–H groups in total. The number of ether oxygens (including phenoxy) is 2. The van der Waals surface area contributed by atoms with Crippen LogP contribution in [0, 0.1) is 20.8 Å². The number of anilines is 1. The van der Waals surface area contributed by atoms with Gasteiger partial charge in [-0.1, -0.05) is 6.07 Å². The molecule has 0 aliphatic carbocycles. The van der Waals surface area contributed by atoms with Crippen LogP contribution in [0.1, 0.15) is 22.4 Å². The Labute approximate surface area is 119 Å². The molecule has 1 aromatic heterocycles. The summed E-state index contributed by atoms with van der Waals surface area (Å²) in [5.74, 6) is 1.53. The largest absolute Gasteiger partial charge is 0.496 e. The Bertz CT molecular complexity index is 624. The number of nitrogen functional groups attached to an aromatic ring is 1. The van der Waals surface area contributed by atoms with E-state index in [9.17, 15) is 0 Å². The average molecular weight is 272 g/mol. The van der Waals surface area contributed by atoms with Crippen molar-refractivity contribution in [2.75, 3.05) is 12.8 Å². The maximum atomic E-state index is 5.93. The number of nitrogens with two attached hydrogens (primary N) is 1. The van der Waals surface area contributed by atoms with Gasteiger partial charge >= 0.3 is 0 Å². The van der Waals surface area contributed by atoms with Gasteiger partial charge in [0.2, 0.25) is 0 Å². The van der Waals surface area contributed by atoms with Gasteiger partial charge in [0.05, 0.1) is 18.5 Å². The standard InChI is InChI=1S/C16H20N2O2/c1-10-5-6-15(13(17)7-10)20-9-14-12(3)16(19-4)11(2)8-18-14/h5-8H,9,17H2,1-4H3. The van der Waals surface area contributed by atoms with E-state index in [1.165, 1.54) is 0 Å². The highest BCUT2D eigenvalue weighted by Gasteiger charge is 2.10. The number of nitrogens with zero attached hydrogens (tertiary/aromatic N) is 1. The smallest absolute Gasteiger partial charge is 0.142 e. The van der Waals surface area contributed by atoms with Crippen molar-refractivity contribution in [1.82, 2.24) is 4.98 Å². The van der Waals surface area contributed by atoms with E-state index in [1.54, 1.807) is 13.3 Å². The lowest BCUT2D eigenvalue weighted by molar-refractivity contribution is 0.300. The van der Waals surface area contributed by atoms with E-state index in [4.69, 9.17) is 15.2 Å². The van der Waals surface area contributed by atoms with Crippen molar-refractivity contribution in [1.29, 1.82) is 0 Å². The minimum Gasteiger partial charge on any atom is -0.496 e. The fourth-order valence-electron chi connectivity index (χ4n) is 2.16. The zero-order valence-electron chi connectivity index (χ0n) is 12.4. The van der Waals surface area contributed by atoms with Crippen LogP contribution in [0.5, 0.6) is 11.5 Å². The van der Waals surface area contributed by atoms with E-state index < -0.39 is 0 Å². The second-order valence-electron chi connectivity index (χ2n) is 4.88. The highest BCUT2D eigenvalue weighted by Crippen LogP contribution is 2.27. The van der Waals surface area contributed by atoms with E-state index in [2.05, 4.69) is 4.98 Å². The van der Waals surface area contributed by atoms with Gasteiger partial charge in [-0.2, -0.15) is 0 Å². The molecule has 0 atom stereocenters. The molecule has 0 fully saturated rings. The fraction of sp³-hybridized carbons (Fsp3) is 0.312. The van der Waals surface area contributed by atoms with E-state index in [-0.39, 0.29) is 0 Å². The zero-order chi connectivity index (χ0) is 14.7. The molecule has 0 amide bonds. The number of aryl methyl sites for hydroxylation is 2. The molecular formula is C16H20N2O2. The Morgan fingerprint density at radius 2 is 1.95 bits per heavy atom. The summed E-state index contributed by atoms with van der Waals surface area (Å²) in [5.41, 5.74) is 10.6. The second-order valence-corrected chi connectivity index (χ2v) is 4.88. The highest BCUT2D eigenvalue weighted by molar-refractivity contribution is 5.54. The molecule has 106 valence electrons. The molecule has 0 spiro atoms. The van der Waals surface area contributed by atoms with Gasteiger partial charge in [0.25, 0.3) is 0 Å². The van der Waals surface area contributed by atoms with Crippen LogP contribution in [0.25, 0.3) is 0 Å². The lowest BCUT2D eigenvalue weighted by atomic mass is 10.1. The van der Waals surface area contributed by atoms with Gasteiger partial charge in [0, 0.05) is 17.3 Å². The van der Waals surface area contributed by atoms with Crippen molar-refractivity contribution >= 4 is 5.69 Å². The van der Waals surface area contributed by atoms with Gasteiger partial charge < -0.3 is 15.2 Å². The normalized spacial score (nSPS) is 10.4. The van der Waals surface area contributed by atoms with E-state index in [1.807, 2.05) is 39.0 Å². The van der Waals surface area contributed by atoms with Crippen LogP contribution >= 0.6 is 0 Å². The second kappa shape index (κ2) is 5.82. The Balaban J connectivity index is 2.19. The SMILES string of the molecule is COc1c(C)cnc(COc2ccc(C)cc2N)c1C. The van der Waals surface area contributed by atoms with E-state index in [0.717, 1.165) is 28.1 Å². The molecule has 1 aromatic carbocycles. The van der Waals surface area contributed by atoms with Crippen LogP contribution in [0.4, 0.5) is 5.69 Å². The molecule has 0 radical (unpaired) electrons. The average Bonchev–Trinajstić information content (AvgIpc) is 2.40. The minimum atomic E-state index is 0.371. The van der Waals surface area contributed by atoms with Crippen LogP contribution < -0.4 is 15.2 Å². The summed E-state index contributed by atoms with van der Waals surface area (Å²) < 4.78 is 11.1. The molecule has 0 saturated heterocycles. The summed E-state index contributed by atoms with van der Waals surface area (Å²) in [6, 6.07) is 5.75. The molecule has 0 unspecified atom stereocenters. The first kappa shape index (κ1) is 14.2.